The average molecular weight is 202 g/mol. The van der Waals surface area contributed by atoms with Crippen LogP contribution in [0.5, 0.6) is 0 Å². The van der Waals surface area contributed by atoms with Gasteiger partial charge in [0, 0.05) is 10.8 Å². The van der Waals surface area contributed by atoms with Crippen LogP contribution >= 0.6 is 0 Å². The van der Waals surface area contributed by atoms with E-state index in [9.17, 15) is 0 Å². The summed E-state index contributed by atoms with van der Waals surface area (Å²) < 4.78 is 0. The first-order valence-corrected chi connectivity index (χ1v) is 4.68. The van der Waals surface area contributed by atoms with Gasteiger partial charge in [-0.1, -0.05) is 36.4 Å². The Hall–Kier alpha value is -0.890. The molecule has 0 aliphatic heterocycles. The number of rotatable bonds is 0. The van der Waals surface area contributed by atoms with Crippen LogP contribution in [0.15, 0.2) is 54.6 Å². The summed E-state index contributed by atoms with van der Waals surface area (Å²) in [4.78, 5) is 4.58. The van der Waals surface area contributed by atoms with Gasteiger partial charge < -0.3 is 0 Å². The van der Waals surface area contributed by atoms with Crippen LogP contribution in [0.2, 0.25) is 0 Å². The molecule has 0 radical (unpaired) electrons. The van der Waals surface area contributed by atoms with E-state index in [-0.39, 0.29) is 29.6 Å². The van der Waals surface area contributed by atoms with E-state index in [2.05, 4.69) is 23.2 Å². The Bertz CT molecular complexity index is 499. The molecule has 0 fully saturated rings. The van der Waals surface area contributed by atoms with Gasteiger partial charge in [0.1, 0.15) is 0 Å². The third-order valence-electron chi connectivity index (χ3n) is 2.43. The molecule has 0 bridgehead atoms. The summed E-state index contributed by atoms with van der Waals surface area (Å²) in [5, 5.41) is 2.40. The molecular formula is C13H9NNa+. The normalized spacial score (nSPS) is 10.1. The second kappa shape index (κ2) is 4.31. The Morgan fingerprint density at radius 2 is 1.13 bits per heavy atom. The van der Waals surface area contributed by atoms with Crippen LogP contribution in [0.3, 0.4) is 0 Å². The monoisotopic (exact) mass is 202 g/mol. The van der Waals surface area contributed by atoms with Gasteiger partial charge in [-0.3, -0.25) is 0 Å². The van der Waals surface area contributed by atoms with Crippen molar-refractivity contribution < 1.29 is 29.6 Å². The predicted octanol–water partition coefficient (Wildman–Crippen LogP) is 0.392. The minimum atomic E-state index is 0. The van der Waals surface area contributed by atoms with E-state index < -0.39 is 0 Å². The molecule has 3 aromatic rings. The van der Waals surface area contributed by atoms with Crippen LogP contribution < -0.4 is 29.6 Å². The van der Waals surface area contributed by atoms with Crippen LogP contribution in [0.25, 0.3) is 21.8 Å². The average Bonchev–Trinajstić information content (AvgIpc) is 2.26. The number of hydrogen-bond donors (Lipinski definition) is 0. The largest absolute Gasteiger partial charge is 1.00 e. The molecule has 15 heavy (non-hydrogen) atoms. The van der Waals surface area contributed by atoms with E-state index >= 15 is 0 Å². The Labute approximate surface area is 110 Å². The second-order valence-corrected chi connectivity index (χ2v) is 3.37. The van der Waals surface area contributed by atoms with Crippen molar-refractivity contribution in [3.8, 4) is 0 Å². The summed E-state index contributed by atoms with van der Waals surface area (Å²) in [7, 11) is 0. The zero-order valence-corrected chi connectivity index (χ0v) is 10.6. The molecule has 1 nitrogen and oxygen atoms in total. The topological polar surface area (TPSA) is 12.9 Å². The number of nitrogens with zero attached hydrogens (tertiary/aromatic N) is 1. The van der Waals surface area contributed by atoms with Crippen LogP contribution in [0.4, 0.5) is 0 Å². The summed E-state index contributed by atoms with van der Waals surface area (Å²) >= 11 is 0. The maximum atomic E-state index is 4.58. The molecule has 66 valence electrons. The van der Waals surface area contributed by atoms with Gasteiger partial charge in [-0.2, -0.15) is 0 Å². The summed E-state index contributed by atoms with van der Waals surface area (Å²) in [6.45, 7) is 0. The molecule has 0 unspecified atom stereocenters. The summed E-state index contributed by atoms with van der Waals surface area (Å²) in [6.07, 6.45) is 0. The Morgan fingerprint density at radius 1 is 0.667 bits per heavy atom. The first-order chi connectivity index (χ1) is 6.93. The van der Waals surface area contributed by atoms with Crippen molar-refractivity contribution >= 4 is 21.8 Å². The third-order valence-corrected chi connectivity index (χ3v) is 2.43. The second-order valence-electron chi connectivity index (χ2n) is 3.37. The van der Waals surface area contributed by atoms with Gasteiger partial charge in [0.05, 0.1) is 11.0 Å². The predicted molar refractivity (Wildman–Crippen MR) is 59.2 cm³/mol. The zero-order valence-electron chi connectivity index (χ0n) is 8.64. The van der Waals surface area contributed by atoms with Crippen molar-refractivity contribution in [2.24, 2.45) is 0 Å². The minimum Gasteiger partial charge on any atom is -0.248 e. The van der Waals surface area contributed by atoms with Crippen molar-refractivity contribution in [1.29, 1.82) is 0 Å². The number of hydrogen-bond acceptors (Lipinski definition) is 1. The van der Waals surface area contributed by atoms with Gasteiger partial charge in [-0.05, 0) is 18.2 Å². The van der Waals surface area contributed by atoms with Crippen LogP contribution in [-0.4, -0.2) is 4.98 Å². The number of benzene rings is 2. The molecule has 2 aromatic carbocycles. The summed E-state index contributed by atoms with van der Waals surface area (Å²) in [5.74, 6) is 0. The fourth-order valence-corrected chi connectivity index (χ4v) is 1.72. The van der Waals surface area contributed by atoms with E-state index in [0.29, 0.717) is 0 Å². The Morgan fingerprint density at radius 3 is 1.67 bits per heavy atom. The summed E-state index contributed by atoms with van der Waals surface area (Å²) in [5.41, 5.74) is 2.12. The van der Waals surface area contributed by atoms with Gasteiger partial charge in [0.15, 0.2) is 0 Å². The Kier molecular flexibility index (Phi) is 3.06. The maximum Gasteiger partial charge on any atom is 1.00 e. The first-order valence-electron chi connectivity index (χ1n) is 4.68. The number of aromatic nitrogens is 1. The molecule has 0 aliphatic carbocycles. The van der Waals surface area contributed by atoms with Crippen molar-refractivity contribution in [3.63, 3.8) is 0 Å². The van der Waals surface area contributed by atoms with Crippen LogP contribution in [-0.2, 0) is 0 Å². The first kappa shape index (κ1) is 10.6. The smallest absolute Gasteiger partial charge is 0.248 e. The van der Waals surface area contributed by atoms with Crippen LogP contribution in [0, 0.1) is 0 Å². The molecule has 0 atom stereocenters. The van der Waals surface area contributed by atoms with E-state index in [0.717, 1.165) is 11.0 Å². The standard InChI is InChI=1S/C13H9N.Na/c1-3-7-12-10(5-1)9-11-6-2-4-8-13(11)14-12;/h1-9H;/q;+1. The van der Waals surface area contributed by atoms with Crippen molar-refractivity contribution in [1.82, 2.24) is 4.98 Å². The van der Waals surface area contributed by atoms with Gasteiger partial charge in [0.2, 0.25) is 0 Å². The summed E-state index contributed by atoms with van der Waals surface area (Å²) in [6, 6.07) is 18.6. The zero-order chi connectivity index (χ0) is 9.38. The van der Waals surface area contributed by atoms with Gasteiger partial charge in [0.25, 0.3) is 0 Å². The third kappa shape index (κ3) is 1.91. The molecule has 0 aliphatic rings. The molecule has 1 heterocycles. The maximum absolute atomic E-state index is 4.58. The number of pyridine rings is 1. The van der Waals surface area contributed by atoms with E-state index in [1.165, 1.54) is 10.8 Å². The molecule has 1 aromatic heterocycles. The van der Waals surface area contributed by atoms with Crippen LogP contribution in [0.1, 0.15) is 0 Å². The van der Waals surface area contributed by atoms with E-state index in [1.54, 1.807) is 0 Å². The molecule has 0 saturated carbocycles. The van der Waals surface area contributed by atoms with E-state index in [1.807, 2.05) is 36.4 Å². The molecule has 0 N–H and O–H groups in total. The van der Waals surface area contributed by atoms with Gasteiger partial charge >= 0.3 is 29.6 Å². The quantitative estimate of drug-likeness (QED) is 0.379. The van der Waals surface area contributed by atoms with Gasteiger partial charge in [-0.15, -0.1) is 0 Å². The molecule has 3 rings (SSSR count). The van der Waals surface area contributed by atoms with Crippen molar-refractivity contribution in [3.05, 3.63) is 54.6 Å². The minimum absolute atomic E-state index is 0. The molecule has 0 spiro atoms. The molecule has 0 amide bonds. The molecular weight excluding hydrogens is 193 g/mol. The fourth-order valence-electron chi connectivity index (χ4n) is 1.72. The molecule has 2 heteroatoms. The van der Waals surface area contributed by atoms with E-state index in [4.69, 9.17) is 0 Å². The van der Waals surface area contributed by atoms with Crippen molar-refractivity contribution in [2.45, 2.75) is 0 Å². The number of para-hydroxylation sites is 2. The SMILES string of the molecule is [Na+].c1ccc2nc3ccccc3cc2c1. The van der Waals surface area contributed by atoms with Crippen molar-refractivity contribution in [2.75, 3.05) is 0 Å². The molecule has 0 saturated heterocycles. The Balaban J connectivity index is 0.000000853. The fraction of sp³-hybridized carbons (Fsp3) is 0. The van der Waals surface area contributed by atoms with Gasteiger partial charge in [-0.25, -0.2) is 4.98 Å². The number of fused-ring (bicyclic) bond motifs is 2.